The molecule has 5 heteroatoms. The molecule has 10 aromatic rings. The molecule has 0 bridgehead atoms. The lowest BCUT2D eigenvalue weighted by atomic mass is 9.89. The molecule has 4 nitrogen and oxygen atoms in total. The first-order valence-electron chi connectivity index (χ1n) is 23.5. The summed E-state index contributed by atoms with van der Waals surface area (Å²) < 4.78 is 7.56. The number of nitrogen functional groups attached to an aromatic ring is 1. The Hall–Kier alpha value is -8.38. The van der Waals surface area contributed by atoms with Crippen molar-refractivity contribution in [2.45, 2.75) is 25.2 Å². The van der Waals surface area contributed by atoms with Crippen LogP contribution in [0.2, 0.25) is 0 Å². The Morgan fingerprint density at radius 2 is 1.39 bits per heavy atom. The van der Waals surface area contributed by atoms with Crippen molar-refractivity contribution in [1.29, 1.82) is 0 Å². The van der Waals surface area contributed by atoms with Crippen molar-refractivity contribution < 1.29 is 9.52 Å². The van der Waals surface area contributed by atoms with Gasteiger partial charge in [0.25, 0.3) is 0 Å². The first kappa shape index (κ1) is 43.2. The molecular formula is C64H50N2O2S. The molecular weight excluding hydrogens is 861 g/mol. The van der Waals surface area contributed by atoms with Gasteiger partial charge in [0.1, 0.15) is 16.9 Å². The Morgan fingerprint density at radius 1 is 0.681 bits per heavy atom. The minimum absolute atomic E-state index is 0.0348. The first-order valence-corrected chi connectivity index (χ1v) is 24.3. The lowest BCUT2D eigenvalue weighted by Crippen LogP contribution is -2.20. The fourth-order valence-electron chi connectivity index (χ4n) is 9.80. The van der Waals surface area contributed by atoms with Crippen LogP contribution in [0.4, 0.5) is 17.1 Å². The lowest BCUT2D eigenvalue weighted by molar-refractivity contribution is 0.465. The summed E-state index contributed by atoms with van der Waals surface area (Å²) in [5.41, 5.74) is 19.6. The van der Waals surface area contributed by atoms with E-state index in [0.717, 1.165) is 85.5 Å². The fraction of sp³-hybridized carbons (Fsp3) is 0.0625. The standard InChI is InChI=1S/C52H39NO2S.C12H11N/c1-2-40-49(31-28-36-16-13-23-45-43-21-9-11-25-48(43)55-52(36)45)56-50-33-46(42-20-6-7-22-44(42)51(40)50)53(38-29-26-35(27-30-38)34-14-4-3-5-15-34)39-18-12-17-37(32-39)41-19-8-10-24-47(41)54;13-12-8-6-11(7-9-12)10-4-2-1-3-5-10/h2,4,6-31,33,37,54H,1,3,5,32H2;1-9H,13H2/b31-28-;. The molecule has 0 fully saturated rings. The Kier molecular flexibility index (Phi) is 11.9. The van der Waals surface area contributed by atoms with Gasteiger partial charge in [-0.1, -0.05) is 176 Å². The Labute approximate surface area is 406 Å². The third-order valence-corrected chi connectivity index (χ3v) is 14.3. The molecule has 2 heterocycles. The van der Waals surface area contributed by atoms with Crippen molar-refractivity contribution in [2.24, 2.45) is 0 Å². The maximum Gasteiger partial charge on any atom is 0.142 e. The van der Waals surface area contributed by atoms with E-state index in [4.69, 9.17) is 10.2 Å². The molecule has 334 valence electrons. The van der Waals surface area contributed by atoms with Crippen molar-refractivity contribution in [3.63, 3.8) is 0 Å². The lowest BCUT2D eigenvalue weighted by Gasteiger charge is -2.32. The number of phenolic OH excluding ortho intramolecular Hbond substituents is 1. The summed E-state index contributed by atoms with van der Waals surface area (Å²) >= 11 is 1.79. The predicted octanol–water partition coefficient (Wildman–Crippen LogP) is 17.9. The minimum atomic E-state index is 0.0348. The number of furan rings is 1. The van der Waals surface area contributed by atoms with Crippen LogP contribution in [0, 0.1) is 0 Å². The number of benzene rings is 8. The second kappa shape index (κ2) is 19.1. The van der Waals surface area contributed by atoms with Gasteiger partial charge in [0, 0.05) is 70.8 Å². The molecule has 0 radical (unpaired) electrons. The molecule has 69 heavy (non-hydrogen) atoms. The summed E-state index contributed by atoms with van der Waals surface area (Å²) in [5, 5.41) is 16.7. The number of nitrogens with zero attached hydrogens (tertiary/aromatic N) is 1. The van der Waals surface area contributed by atoms with Gasteiger partial charge in [-0.3, -0.25) is 0 Å². The smallest absolute Gasteiger partial charge is 0.142 e. The second-order valence-electron chi connectivity index (χ2n) is 17.5. The predicted molar refractivity (Wildman–Crippen MR) is 296 cm³/mol. The highest BCUT2D eigenvalue weighted by atomic mass is 32.1. The molecule has 2 aliphatic carbocycles. The number of fused-ring (bicyclic) bond motifs is 6. The third-order valence-electron chi connectivity index (χ3n) is 13.2. The average molecular weight is 911 g/mol. The maximum absolute atomic E-state index is 10.9. The van der Waals surface area contributed by atoms with Gasteiger partial charge in [-0.25, -0.2) is 0 Å². The van der Waals surface area contributed by atoms with Gasteiger partial charge in [-0.15, -0.1) is 11.3 Å². The van der Waals surface area contributed by atoms with Gasteiger partial charge >= 0.3 is 0 Å². The van der Waals surface area contributed by atoms with E-state index in [1.807, 2.05) is 78.9 Å². The van der Waals surface area contributed by atoms with Gasteiger partial charge in [0.05, 0.1) is 5.69 Å². The molecule has 2 aromatic heterocycles. The highest BCUT2D eigenvalue weighted by molar-refractivity contribution is 7.20. The van der Waals surface area contributed by atoms with Gasteiger partial charge in [-0.05, 0) is 108 Å². The number of aromatic hydroxyl groups is 1. The summed E-state index contributed by atoms with van der Waals surface area (Å²) in [4.78, 5) is 3.58. The zero-order chi connectivity index (χ0) is 46.7. The van der Waals surface area contributed by atoms with E-state index < -0.39 is 0 Å². The summed E-state index contributed by atoms with van der Waals surface area (Å²) in [6.07, 6.45) is 22.7. The van der Waals surface area contributed by atoms with Crippen LogP contribution in [0.5, 0.6) is 5.75 Å². The number of allylic oxidation sites excluding steroid dienone is 8. The number of nitrogens with two attached hydrogens (primary N) is 1. The number of hydrogen-bond donors (Lipinski definition) is 2. The van der Waals surface area contributed by atoms with Crippen LogP contribution in [-0.4, -0.2) is 5.11 Å². The second-order valence-corrected chi connectivity index (χ2v) is 18.6. The van der Waals surface area contributed by atoms with Crippen LogP contribution in [0.1, 0.15) is 52.3 Å². The zero-order valence-electron chi connectivity index (χ0n) is 38.1. The summed E-state index contributed by atoms with van der Waals surface area (Å²) in [6, 6.07) is 60.6. The van der Waals surface area contributed by atoms with Crippen LogP contribution in [-0.2, 0) is 0 Å². The molecule has 0 saturated heterocycles. The van der Waals surface area contributed by atoms with Gasteiger partial charge in [-0.2, -0.15) is 0 Å². The quantitative estimate of drug-likeness (QED) is 0.142. The zero-order valence-corrected chi connectivity index (χ0v) is 38.9. The van der Waals surface area contributed by atoms with Crippen LogP contribution in [0.25, 0.3) is 77.7 Å². The third kappa shape index (κ3) is 8.61. The van der Waals surface area contributed by atoms with E-state index in [1.54, 1.807) is 17.4 Å². The van der Waals surface area contributed by atoms with Gasteiger partial charge in [0.2, 0.25) is 0 Å². The highest BCUT2D eigenvalue weighted by Crippen LogP contribution is 2.47. The Bertz CT molecular complexity index is 3680. The summed E-state index contributed by atoms with van der Waals surface area (Å²) in [6.45, 7) is 4.32. The van der Waals surface area contributed by atoms with Crippen molar-refractivity contribution >= 4 is 95.0 Å². The monoisotopic (exact) mass is 910 g/mol. The Morgan fingerprint density at radius 3 is 2.17 bits per heavy atom. The molecule has 0 spiro atoms. The van der Waals surface area contributed by atoms with E-state index in [-0.39, 0.29) is 5.92 Å². The molecule has 8 aromatic carbocycles. The van der Waals surface area contributed by atoms with Crippen LogP contribution >= 0.6 is 11.3 Å². The molecule has 2 aliphatic rings. The summed E-state index contributed by atoms with van der Waals surface area (Å²) in [7, 11) is 0. The van der Waals surface area contributed by atoms with Crippen LogP contribution in [0.3, 0.4) is 0 Å². The molecule has 0 amide bonds. The normalized spacial score (nSPS) is 14.5. The van der Waals surface area contributed by atoms with Gasteiger partial charge in [0.15, 0.2) is 0 Å². The fourth-order valence-corrected chi connectivity index (χ4v) is 11.0. The number of anilines is 3. The van der Waals surface area contributed by atoms with E-state index in [0.29, 0.717) is 5.75 Å². The van der Waals surface area contributed by atoms with Crippen molar-refractivity contribution in [3.8, 4) is 16.9 Å². The average Bonchev–Trinajstić information content (AvgIpc) is 3.98. The maximum atomic E-state index is 10.9. The van der Waals surface area contributed by atoms with E-state index >= 15 is 0 Å². The number of hydrogen-bond acceptors (Lipinski definition) is 5. The van der Waals surface area contributed by atoms with Crippen LogP contribution in [0.15, 0.2) is 229 Å². The molecule has 0 aliphatic heterocycles. The number of phenols is 1. The van der Waals surface area contributed by atoms with E-state index in [2.05, 4.69) is 157 Å². The topological polar surface area (TPSA) is 62.6 Å². The van der Waals surface area contributed by atoms with Crippen molar-refractivity contribution in [2.75, 3.05) is 10.6 Å². The SMILES string of the molecule is C=Cc1c(/C=C\c2cccc3c2oc2ccccc23)sc2cc(N(C3=CC=CC(c4ccccc4O)C3)c3ccc(C4=CCCC=C4)cc3)c3ccccc3c12.Nc1ccc(-c2ccccc2)cc1. The highest BCUT2D eigenvalue weighted by Gasteiger charge is 2.26. The number of para-hydroxylation sites is 3. The van der Waals surface area contributed by atoms with E-state index in [1.165, 1.54) is 43.1 Å². The van der Waals surface area contributed by atoms with Crippen LogP contribution < -0.4 is 10.6 Å². The minimum Gasteiger partial charge on any atom is -0.508 e. The first-order chi connectivity index (χ1) is 34.0. The van der Waals surface area contributed by atoms with E-state index in [9.17, 15) is 5.11 Å². The molecule has 1 unspecified atom stereocenters. The van der Waals surface area contributed by atoms with Crippen molar-refractivity contribution in [1.82, 2.24) is 0 Å². The number of rotatable bonds is 9. The number of thiophene rings is 1. The molecule has 1 atom stereocenters. The summed E-state index contributed by atoms with van der Waals surface area (Å²) in [5.74, 6) is 0.361. The van der Waals surface area contributed by atoms with Gasteiger partial charge < -0.3 is 20.2 Å². The van der Waals surface area contributed by atoms with Crippen molar-refractivity contribution in [3.05, 3.63) is 252 Å². The largest absolute Gasteiger partial charge is 0.508 e. The molecule has 12 rings (SSSR count). The molecule has 0 saturated carbocycles. The Balaban J connectivity index is 0.000000346. The molecule has 3 N–H and O–H groups in total.